The highest BCUT2D eigenvalue weighted by Gasteiger charge is 2.31. The van der Waals surface area contributed by atoms with Gasteiger partial charge in [-0.25, -0.2) is 0 Å². The predicted molar refractivity (Wildman–Crippen MR) is 73.4 cm³/mol. The molecule has 0 radical (unpaired) electrons. The largest absolute Gasteiger partial charge is 0.480 e. The SMILES string of the molecule is CCCNC(C)(CCCCOC1CCOC1)C(=O)O. The van der Waals surface area contributed by atoms with Crippen LogP contribution in [0.1, 0.15) is 46.0 Å². The predicted octanol–water partition coefficient (Wildman–Crippen LogP) is 1.81. The minimum absolute atomic E-state index is 0.240. The Hall–Kier alpha value is -0.650. The molecule has 1 heterocycles. The Morgan fingerprint density at radius 2 is 2.32 bits per heavy atom. The topological polar surface area (TPSA) is 67.8 Å². The molecule has 1 rings (SSSR count). The molecule has 0 aliphatic carbocycles. The minimum Gasteiger partial charge on any atom is -0.480 e. The van der Waals surface area contributed by atoms with Gasteiger partial charge in [0.1, 0.15) is 5.54 Å². The first-order chi connectivity index (χ1) is 9.08. The van der Waals surface area contributed by atoms with E-state index in [0.717, 1.165) is 38.8 Å². The van der Waals surface area contributed by atoms with Crippen molar-refractivity contribution >= 4 is 5.97 Å². The van der Waals surface area contributed by atoms with E-state index in [1.54, 1.807) is 6.92 Å². The van der Waals surface area contributed by atoms with Gasteiger partial charge in [0, 0.05) is 13.2 Å². The molecule has 112 valence electrons. The molecule has 0 amide bonds. The number of ether oxygens (including phenoxy) is 2. The van der Waals surface area contributed by atoms with Gasteiger partial charge in [-0.2, -0.15) is 0 Å². The lowest BCUT2D eigenvalue weighted by Gasteiger charge is -2.26. The maximum Gasteiger partial charge on any atom is 0.323 e. The Labute approximate surface area is 115 Å². The molecule has 19 heavy (non-hydrogen) atoms. The number of unbranched alkanes of at least 4 members (excludes halogenated alkanes) is 1. The summed E-state index contributed by atoms with van der Waals surface area (Å²) < 4.78 is 10.9. The van der Waals surface area contributed by atoms with Crippen molar-refractivity contribution in [3.8, 4) is 0 Å². The fraction of sp³-hybridized carbons (Fsp3) is 0.929. The van der Waals surface area contributed by atoms with E-state index in [1.807, 2.05) is 6.92 Å². The lowest BCUT2D eigenvalue weighted by atomic mass is 9.95. The van der Waals surface area contributed by atoms with Crippen LogP contribution < -0.4 is 5.32 Å². The van der Waals surface area contributed by atoms with Gasteiger partial charge < -0.3 is 19.9 Å². The van der Waals surface area contributed by atoms with E-state index in [9.17, 15) is 9.90 Å². The highest BCUT2D eigenvalue weighted by molar-refractivity contribution is 5.78. The summed E-state index contributed by atoms with van der Waals surface area (Å²) in [5.74, 6) is -0.772. The average Bonchev–Trinajstić information content (AvgIpc) is 2.89. The average molecular weight is 273 g/mol. The summed E-state index contributed by atoms with van der Waals surface area (Å²) in [6.07, 6.45) is 4.54. The number of nitrogens with one attached hydrogen (secondary N) is 1. The van der Waals surface area contributed by atoms with Crippen LogP contribution >= 0.6 is 0 Å². The quantitative estimate of drug-likeness (QED) is 0.594. The monoisotopic (exact) mass is 273 g/mol. The van der Waals surface area contributed by atoms with Crippen molar-refractivity contribution in [2.45, 2.75) is 57.6 Å². The molecule has 0 spiro atoms. The van der Waals surface area contributed by atoms with E-state index in [1.165, 1.54) is 0 Å². The number of carboxylic acid groups (broad SMARTS) is 1. The van der Waals surface area contributed by atoms with Gasteiger partial charge in [0.25, 0.3) is 0 Å². The van der Waals surface area contributed by atoms with Crippen LogP contribution in [0.25, 0.3) is 0 Å². The molecule has 1 aliphatic rings. The maximum absolute atomic E-state index is 11.3. The van der Waals surface area contributed by atoms with Crippen LogP contribution in [0.5, 0.6) is 0 Å². The fourth-order valence-corrected chi connectivity index (χ4v) is 2.15. The van der Waals surface area contributed by atoms with Crippen molar-refractivity contribution in [2.75, 3.05) is 26.4 Å². The summed E-state index contributed by atoms with van der Waals surface area (Å²) in [6.45, 7) is 6.72. The van der Waals surface area contributed by atoms with E-state index in [-0.39, 0.29) is 6.10 Å². The molecule has 2 N–H and O–H groups in total. The van der Waals surface area contributed by atoms with E-state index < -0.39 is 11.5 Å². The fourth-order valence-electron chi connectivity index (χ4n) is 2.15. The number of rotatable bonds is 10. The Bertz CT molecular complexity index is 266. The smallest absolute Gasteiger partial charge is 0.323 e. The molecule has 0 aromatic carbocycles. The molecule has 1 aliphatic heterocycles. The van der Waals surface area contributed by atoms with Gasteiger partial charge >= 0.3 is 5.97 Å². The Morgan fingerprint density at radius 3 is 2.89 bits per heavy atom. The van der Waals surface area contributed by atoms with Crippen molar-refractivity contribution in [1.29, 1.82) is 0 Å². The first-order valence-corrected chi connectivity index (χ1v) is 7.26. The van der Waals surface area contributed by atoms with Gasteiger partial charge in [-0.05, 0) is 45.6 Å². The first-order valence-electron chi connectivity index (χ1n) is 7.26. The molecule has 5 nitrogen and oxygen atoms in total. The van der Waals surface area contributed by atoms with Crippen LogP contribution in [-0.4, -0.2) is 49.1 Å². The summed E-state index contributed by atoms with van der Waals surface area (Å²) in [6, 6.07) is 0. The molecular formula is C14H27NO4. The Kier molecular flexibility index (Phi) is 7.34. The van der Waals surface area contributed by atoms with Crippen LogP contribution in [0, 0.1) is 0 Å². The molecule has 1 saturated heterocycles. The summed E-state index contributed by atoms with van der Waals surface area (Å²) >= 11 is 0. The van der Waals surface area contributed by atoms with Crippen LogP contribution in [0.4, 0.5) is 0 Å². The van der Waals surface area contributed by atoms with Crippen molar-refractivity contribution in [3.63, 3.8) is 0 Å². The second-order valence-corrected chi connectivity index (χ2v) is 5.38. The number of hydrogen-bond acceptors (Lipinski definition) is 4. The van der Waals surface area contributed by atoms with Crippen LogP contribution in [-0.2, 0) is 14.3 Å². The number of carboxylic acids is 1. The van der Waals surface area contributed by atoms with Crippen molar-refractivity contribution in [1.82, 2.24) is 5.32 Å². The zero-order valence-electron chi connectivity index (χ0n) is 12.1. The Balaban J connectivity index is 2.15. The number of hydrogen-bond donors (Lipinski definition) is 2. The zero-order valence-corrected chi connectivity index (χ0v) is 12.1. The van der Waals surface area contributed by atoms with E-state index in [2.05, 4.69) is 5.32 Å². The van der Waals surface area contributed by atoms with Gasteiger partial charge in [0.05, 0.1) is 12.7 Å². The zero-order chi connectivity index (χ0) is 14.1. The Morgan fingerprint density at radius 1 is 1.53 bits per heavy atom. The van der Waals surface area contributed by atoms with E-state index in [0.29, 0.717) is 19.6 Å². The number of aliphatic carboxylic acids is 1. The molecule has 0 aromatic heterocycles. The molecule has 2 unspecified atom stereocenters. The molecule has 0 saturated carbocycles. The third-order valence-electron chi connectivity index (χ3n) is 3.55. The van der Waals surface area contributed by atoms with E-state index >= 15 is 0 Å². The third kappa shape index (κ3) is 5.89. The summed E-state index contributed by atoms with van der Waals surface area (Å²) in [5, 5.41) is 12.4. The standard InChI is InChI=1S/C14H27NO4/c1-3-8-15-14(2,13(16)17)7-4-5-9-19-12-6-10-18-11-12/h12,15H,3-11H2,1-2H3,(H,16,17). The third-order valence-corrected chi connectivity index (χ3v) is 3.55. The highest BCUT2D eigenvalue weighted by atomic mass is 16.5. The van der Waals surface area contributed by atoms with Gasteiger partial charge in [-0.3, -0.25) is 4.79 Å². The van der Waals surface area contributed by atoms with Crippen molar-refractivity contribution in [2.24, 2.45) is 0 Å². The second kappa shape index (κ2) is 8.51. The van der Waals surface area contributed by atoms with Crippen molar-refractivity contribution in [3.05, 3.63) is 0 Å². The maximum atomic E-state index is 11.3. The van der Waals surface area contributed by atoms with Gasteiger partial charge in [-0.15, -0.1) is 0 Å². The second-order valence-electron chi connectivity index (χ2n) is 5.38. The van der Waals surface area contributed by atoms with Crippen LogP contribution in [0.15, 0.2) is 0 Å². The minimum atomic E-state index is -0.813. The summed E-state index contributed by atoms with van der Waals surface area (Å²) in [5.41, 5.74) is -0.813. The first kappa shape index (κ1) is 16.4. The summed E-state index contributed by atoms with van der Waals surface area (Å²) in [4.78, 5) is 11.3. The lowest BCUT2D eigenvalue weighted by Crippen LogP contribution is -2.49. The van der Waals surface area contributed by atoms with Crippen LogP contribution in [0.3, 0.4) is 0 Å². The number of carbonyl (C=O) groups is 1. The molecule has 1 fully saturated rings. The summed E-state index contributed by atoms with van der Waals surface area (Å²) in [7, 11) is 0. The molecule has 2 atom stereocenters. The molecule has 0 bridgehead atoms. The van der Waals surface area contributed by atoms with Gasteiger partial charge in [0.15, 0.2) is 0 Å². The normalized spacial score (nSPS) is 22.3. The molecule has 0 aromatic rings. The van der Waals surface area contributed by atoms with Gasteiger partial charge in [0.2, 0.25) is 0 Å². The highest BCUT2D eigenvalue weighted by Crippen LogP contribution is 2.15. The lowest BCUT2D eigenvalue weighted by molar-refractivity contribution is -0.144. The molecular weight excluding hydrogens is 246 g/mol. The van der Waals surface area contributed by atoms with Crippen molar-refractivity contribution < 1.29 is 19.4 Å². The van der Waals surface area contributed by atoms with Crippen LogP contribution in [0.2, 0.25) is 0 Å². The van der Waals surface area contributed by atoms with Gasteiger partial charge in [-0.1, -0.05) is 6.92 Å². The van der Waals surface area contributed by atoms with E-state index in [4.69, 9.17) is 9.47 Å². The molecule has 5 heteroatoms.